The van der Waals surface area contributed by atoms with Crippen molar-refractivity contribution in [3.63, 3.8) is 0 Å². The van der Waals surface area contributed by atoms with Crippen LogP contribution < -0.4 is 5.32 Å². The zero-order valence-corrected chi connectivity index (χ0v) is 13.5. The van der Waals surface area contributed by atoms with Crippen molar-refractivity contribution in [3.8, 4) is 11.3 Å². The third-order valence-corrected chi connectivity index (χ3v) is 4.25. The Morgan fingerprint density at radius 1 is 1.22 bits per heavy atom. The van der Waals surface area contributed by atoms with Gasteiger partial charge in [-0.3, -0.25) is 9.78 Å². The molecule has 2 aromatic rings. The molecule has 0 bridgehead atoms. The summed E-state index contributed by atoms with van der Waals surface area (Å²) < 4.78 is 0. The third kappa shape index (κ3) is 5.41. The van der Waals surface area contributed by atoms with Gasteiger partial charge < -0.3 is 10.4 Å². The first kappa shape index (κ1) is 17.0. The molecular formula is C17H18N2O3S. The second kappa shape index (κ2) is 8.33. The molecule has 0 fully saturated rings. The van der Waals surface area contributed by atoms with Crippen molar-refractivity contribution in [2.45, 2.75) is 18.7 Å². The zero-order valence-electron chi connectivity index (χ0n) is 12.7. The van der Waals surface area contributed by atoms with Gasteiger partial charge in [-0.2, -0.15) is 11.8 Å². The van der Waals surface area contributed by atoms with E-state index < -0.39 is 12.0 Å². The molecule has 0 aliphatic carbocycles. The molecule has 0 saturated heterocycles. The molecule has 1 heterocycles. The van der Waals surface area contributed by atoms with Gasteiger partial charge in [0.15, 0.2) is 0 Å². The Kier molecular flexibility index (Phi) is 6.17. The second-order valence-electron chi connectivity index (χ2n) is 5.02. The van der Waals surface area contributed by atoms with Crippen LogP contribution in [0.1, 0.15) is 12.5 Å². The van der Waals surface area contributed by atoms with Crippen molar-refractivity contribution in [1.82, 2.24) is 10.3 Å². The first-order valence-corrected chi connectivity index (χ1v) is 8.29. The third-order valence-electron chi connectivity index (χ3n) is 3.14. The Balaban J connectivity index is 1.89. The molecule has 2 N–H and O–H groups in total. The number of carbonyl (C=O) groups is 2. The van der Waals surface area contributed by atoms with Gasteiger partial charge in [0.2, 0.25) is 5.91 Å². The molecule has 1 atom stereocenters. The largest absolute Gasteiger partial charge is 0.480 e. The number of amides is 1. The topological polar surface area (TPSA) is 79.3 Å². The van der Waals surface area contributed by atoms with Crippen LogP contribution in [0.25, 0.3) is 11.3 Å². The number of carbonyl (C=O) groups excluding carboxylic acids is 1. The summed E-state index contributed by atoms with van der Waals surface area (Å²) in [7, 11) is 0. The van der Waals surface area contributed by atoms with Crippen molar-refractivity contribution >= 4 is 23.6 Å². The van der Waals surface area contributed by atoms with E-state index in [9.17, 15) is 9.59 Å². The highest BCUT2D eigenvalue weighted by Crippen LogP contribution is 2.19. The van der Waals surface area contributed by atoms with Crippen molar-refractivity contribution in [2.24, 2.45) is 0 Å². The maximum atomic E-state index is 11.0. The van der Waals surface area contributed by atoms with Crippen LogP contribution in [0.5, 0.6) is 0 Å². The van der Waals surface area contributed by atoms with E-state index in [1.807, 2.05) is 42.5 Å². The fourth-order valence-electron chi connectivity index (χ4n) is 2.02. The van der Waals surface area contributed by atoms with Crippen LogP contribution >= 0.6 is 11.8 Å². The molecule has 1 aromatic heterocycles. The molecule has 1 amide bonds. The molecule has 5 nitrogen and oxygen atoms in total. The van der Waals surface area contributed by atoms with Crippen molar-refractivity contribution in [1.29, 1.82) is 0 Å². The predicted octanol–water partition coefficient (Wildman–Crippen LogP) is 2.57. The maximum absolute atomic E-state index is 11.0. The van der Waals surface area contributed by atoms with E-state index in [1.54, 1.807) is 6.20 Å². The lowest BCUT2D eigenvalue weighted by Gasteiger charge is -2.12. The molecule has 6 heteroatoms. The average Bonchev–Trinajstić information content (AvgIpc) is 2.55. The molecule has 0 aliphatic heterocycles. The lowest BCUT2D eigenvalue weighted by molar-refractivity contribution is -0.140. The number of pyridine rings is 1. The summed E-state index contributed by atoms with van der Waals surface area (Å²) in [5.74, 6) is -0.334. The quantitative estimate of drug-likeness (QED) is 0.816. The first-order chi connectivity index (χ1) is 11.1. The Morgan fingerprint density at radius 3 is 2.52 bits per heavy atom. The number of aliphatic carboxylic acids is 1. The van der Waals surface area contributed by atoms with Gasteiger partial charge in [-0.15, -0.1) is 0 Å². The van der Waals surface area contributed by atoms with E-state index in [0.717, 1.165) is 16.8 Å². The molecule has 0 unspecified atom stereocenters. The molecule has 2 rings (SSSR count). The van der Waals surface area contributed by atoms with Gasteiger partial charge in [-0.25, -0.2) is 4.79 Å². The number of nitrogens with one attached hydrogen (secondary N) is 1. The van der Waals surface area contributed by atoms with Gasteiger partial charge in [-0.05, 0) is 17.7 Å². The minimum atomic E-state index is -1.02. The van der Waals surface area contributed by atoms with Crippen LogP contribution in [0.3, 0.4) is 0 Å². The van der Waals surface area contributed by atoms with E-state index >= 15 is 0 Å². The number of carboxylic acid groups (broad SMARTS) is 1. The lowest BCUT2D eigenvalue weighted by atomic mass is 10.1. The van der Waals surface area contributed by atoms with Crippen molar-refractivity contribution in [2.75, 3.05) is 5.75 Å². The van der Waals surface area contributed by atoms with Gasteiger partial charge in [-0.1, -0.05) is 30.3 Å². The van der Waals surface area contributed by atoms with E-state index in [1.165, 1.54) is 18.7 Å². The van der Waals surface area contributed by atoms with Gasteiger partial charge in [0.05, 0.1) is 5.69 Å². The standard InChI is InChI=1S/C17H18N2O3S/c1-12(20)19-16(17(21)22)11-23-10-13-5-7-14(8-6-13)15-4-2-3-9-18-15/h2-9,16H,10-11H2,1H3,(H,19,20)(H,21,22)/t16-/m0/s1. The maximum Gasteiger partial charge on any atom is 0.327 e. The summed E-state index contributed by atoms with van der Waals surface area (Å²) in [6.07, 6.45) is 1.76. The molecule has 120 valence electrons. The van der Waals surface area contributed by atoms with Crippen molar-refractivity contribution in [3.05, 3.63) is 54.2 Å². The fraction of sp³-hybridized carbons (Fsp3) is 0.235. The SMILES string of the molecule is CC(=O)N[C@@H](CSCc1ccc(-c2ccccn2)cc1)C(=O)O. The summed E-state index contributed by atoms with van der Waals surface area (Å²) in [5.41, 5.74) is 3.06. The van der Waals surface area contributed by atoms with Gasteiger partial charge in [0, 0.05) is 30.2 Å². The molecular weight excluding hydrogens is 312 g/mol. The predicted molar refractivity (Wildman–Crippen MR) is 91.1 cm³/mol. The highest BCUT2D eigenvalue weighted by molar-refractivity contribution is 7.98. The molecule has 23 heavy (non-hydrogen) atoms. The molecule has 0 radical (unpaired) electrons. The van der Waals surface area contributed by atoms with Crippen LogP contribution in [0.4, 0.5) is 0 Å². The number of carboxylic acids is 1. The van der Waals surface area contributed by atoms with E-state index in [2.05, 4.69) is 10.3 Å². The second-order valence-corrected chi connectivity index (χ2v) is 6.05. The number of rotatable bonds is 7. The summed E-state index contributed by atoms with van der Waals surface area (Å²) in [5, 5.41) is 11.5. The van der Waals surface area contributed by atoms with Crippen LogP contribution in [-0.4, -0.2) is 33.8 Å². The molecule has 0 spiro atoms. The van der Waals surface area contributed by atoms with Crippen LogP contribution in [0, 0.1) is 0 Å². The van der Waals surface area contributed by atoms with Gasteiger partial charge in [0.1, 0.15) is 6.04 Å². The molecule has 0 aliphatic rings. The summed E-state index contributed by atoms with van der Waals surface area (Å²) in [4.78, 5) is 26.3. The fourth-order valence-corrected chi connectivity index (χ4v) is 3.03. The number of nitrogens with zero attached hydrogens (tertiary/aromatic N) is 1. The van der Waals surface area contributed by atoms with E-state index in [4.69, 9.17) is 5.11 Å². The molecule has 0 saturated carbocycles. The average molecular weight is 330 g/mol. The summed E-state index contributed by atoms with van der Waals surface area (Å²) in [6, 6.07) is 12.9. The highest BCUT2D eigenvalue weighted by Gasteiger charge is 2.17. The minimum absolute atomic E-state index is 0.330. The molecule has 1 aromatic carbocycles. The number of aromatic nitrogens is 1. The number of hydrogen-bond donors (Lipinski definition) is 2. The highest BCUT2D eigenvalue weighted by atomic mass is 32.2. The van der Waals surface area contributed by atoms with Gasteiger partial charge >= 0.3 is 5.97 Å². The Bertz CT molecular complexity index is 659. The zero-order chi connectivity index (χ0) is 16.7. The monoisotopic (exact) mass is 330 g/mol. The Labute approximate surface area is 139 Å². The van der Waals surface area contributed by atoms with Crippen LogP contribution in [0.15, 0.2) is 48.7 Å². The van der Waals surface area contributed by atoms with Gasteiger partial charge in [0.25, 0.3) is 0 Å². The lowest BCUT2D eigenvalue weighted by Crippen LogP contribution is -2.41. The normalized spacial score (nSPS) is 11.7. The number of hydrogen-bond acceptors (Lipinski definition) is 4. The summed E-state index contributed by atoms with van der Waals surface area (Å²) >= 11 is 1.48. The van der Waals surface area contributed by atoms with E-state index in [-0.39, 0.29) is 5.91 Å². The number of benzene rings is 1. The van der Waals surface area contributed by atoms with Crippen LogP contribution in [-0.2, 0) is 15.3 Å². The Hall–Kier alpha value is -2.34. The van der Waals surface area contributed by atoms with Crippen LogP contribution in [0.2, 0.25) is 0 Å². The number of thioether (sulfide) groups is 1. The smallest absolute Gasteiger partial charge is 0.327 e. The van der Waals surface area contributed by atoms with Crippen molar-refractivity contribution < 1.29 is 14.7 Å². The summed E-state index contributed by atoms with van der Waals surface area (Å²) in [6.45, 7) is 1.32. The minimum Gasteiger partial charge on any atom is -0.480 e. The first-order valence-electron chi connectivity index (χ1n) is 7.14. The Morgan fingerprint density at radius 2 is 1.96 bits per heavy atom. The van der Waals surface area contributed by atoms with E-state index in [0.29, 0.717) is 11.5 Å².